The van der Waals surface area contributed by atoms with Crippen LogP contribution in [0.2, 0.25) is 0 Å². The minimum Gasteiger partial charge on any atom is -0.478 e. The van der Waals surface area contributed by atoms with Crippen LogP contribution >= 0.6 is 0 Å². The van der Waals surface area contributed by atoms with Crippen molar-refractivity contribution in [1.82, 2.24) is 4.98 Å². The molecule has 0 fully saturated rings. The van der Waals surface area contributed by atoms with Crippen molar-refractivity contribution in [3.8, 4) is 11.5 Å². The highest BCUT2D eigenvalue weighted by Crippen LogP contribution is 2.25. The molecule has 110 valence electrons. The van der Waals surface area contributed by atoms with E-state index in [-0.39, 0.29) is 22.0 Å². The van der Waals surface area contributed by atoms with Crippen LogP contribution < -0.4 is 4.74 Å². The number of pyridine rings is 1. The predicted octanol–water partition coefficient (Wildman–Crippen LogP) is 2.37. The van der Waals surface area contributed by atoms with E-state index in [1.807, 2.05) is 0 Å². The molecule has 0 bridgehead atoms. The summed E-state index contributed by atoms with van der Waals surface area (Å²) in [7, 11) is -3.27. The number of benzene rings is 1. The summed E-state index contributed by atoms with van der Waals surface area (Å²) in [6.45, 7) is 1.56. The van der Waals surface area contributed by atoms with Gasteiger partial charge in [0.25, 0.3) is 0 Å². The molecule has 1 heterocycles. The van der Waals surface area contributed by atoms with E-state index in [0.717, 1.165) is 0 Å². The summed E-state index contributed by atoms with van der Waals surface area (Å²) in [6, 6.07) is 7.12. The summed E-state index contributed by atoms with van der Waals surface area (Å²) in [5, 5.41) is 9.04. The molecule has 2 aromatic rings. The average Bonchev–Trinajstić information content (AvgIpc) is 2.48. The standard InChI is InChI=1S/C14H13NO5S/c1-2-21(18,19)11-5-3-10(4-6-11)20-13-9-15-8-7-12(13)14(16)17/h3-9H,2H2,1H3,(H,16,17). The Labute approximate surface area is 121 Å². The third-order valence-electron chi connectivity index (χ3n) is 2.81. The maximum atomic E-state index is 11.7. The topological polar surface area (TPSA) is 93.6 Å². The monoisotopic (exact) mass is 307 g/mol. The van der Waals surface area contributed by atoms with Gasteiger partial charge in [-0.25, -0.2) is 13.2 Å². The second-order valence-corrected chi connectivity index (χ2v) is 6.43. The predicted molar refractivity (Wildman–Crippen MR) is 75.4 cm³/mol. The van der Waals surface area contributed by atoms with Crippen molar-refractivity contribution in [1.29, 1.82) is 0 Å². The summed E-state index contributed by atoms with van der Waals surface area (Å²) >= 11 is 0. The Balaban J connectivity index is 2.28. The van der Waals surface area contributed by atoms with Crippen molar-refractivity contribution >= 4 is 15.8 Å². The lowest BCUT2D eigenvalue weighted by Gasteiger charge is -2.08. The second-order valence-electron chi connectivity index (χ2n) is 4.15. The van der Waals surface area contributed by atoms with E-state index in [2.05, 4.69) is 4.98 Å². The molecule has 0 spiro atoms. The smallest absolute Gasteiger partial charge is 0.339 e. The molecule has 0 saturated carbocycles. The number of carbonyl (C=O) groups is 1. The second kappa shape index (κ2) is 5.92. The Bertz CT molecular complexity index is 753. The van der Waals surface area contributed by atoms with Crippen molar-refractivity contribution in [3.63, 3.8) is 0 Å². The molecule has 0 atom stereocenters. The van der Waals surface area contributed by atoms with Gasteiger partial charge in [0, 0.05) is 6.20 Å². The molecule has 0 saturated heterocycles. The zero-order valence-corrected chi connectivity index (χ0v) is 12.0. The summed E-state index contributed by atoms with van der Waals surface area (Å²) < 4.78 is 28.8. The fraction of sp³-hybridized carbons (Fsp3) is 0.143. The van der Waals surface area contributed by atoms with Gasteiger partial charge in [0.05, 0.1) is 16.8 Å². The quantitative estimate of drug-likeness (QED) is 0.911. The molecular formula is C14H13NO5S. The Morgan fingerprint density at radius 2 is 1.90 bits per heavy atom. The van der Waals surface area contributed by atoms with Gasteiger partial charge >= 0.3 is 5.97 Å². The van der Waals surface area contributed by atoms with Crippen molar-refractivity contribution in [2.45, 2.75) is 11.8 Å². The van der Waals surface area contributed by atoms with Gasteiger partial charge in [0.2, 0.25) is 0 Å². The molecule has 6 nitrogen and oxygen atoms in total. The van der Waals surface area contributed by atoms with Gasteiger partial charge in [-0.05, 0) is 30.3 Å². The molecule has 0 aliphatic rings. The summed E-state index contributed by atoms with van der Waals surface area (Å²) in [4.78, 5) is 15.1. The number of hydrogen-bond donors (Lipinski definition) is 1. The molecule has 1 aromatic carbocycles. The minimum atomic E-state index is -3.27. The van der Waals surface area contributed by atoms with Crippen LogP contribution in [0.15, 0.2) is 47.6 Å². The number of aromatic carboxylic acids is 1. The van der Waals surface area contributed by atoms with Crippen LogP contribution in [0.5, 0.6) is 11.5 Å². The maximum absolute atomic E-state index is 11.7. The number of rotatable bonds is 5. The van der Waals surface area contributed by atoms with E-state index >= 15 is 0 Å². The number of carboxylic acid groups (broad SMARTS) is 1. The summed E-state index contributed by atoms with van der Waals surface area (Å²) in [5.41, 5.74) is -0.0183. The van der Waals surface area contributed by atoms with Gasteiger partial charge in [-0.3, -0.25) is 4.98 Å². The summed E-state index contributed by atoms with van der Waals surface area (Å²) in [6.07, 6.45) is 2.65. The van der Waals surface area contributed by atoms with Crippen LogP contribution in [-0.4, -0.2) is 30.2 Å². The number of aromatic nitrogens is 1. The number of hydrogen-bond acceptors (Lipinski definition) is 5. The molecule has 2 rings (SSSR count). The first-order chi connectivity index (χ1) is 9.94. The highest BCUT2D eigenvalue weighted by molar-refractivity contribution is 7.91. The molecule has 0 unspecified atom stereocenters. The molecule has 0 amide bonds. The van der Waals surface area contributed by atoms with Gasteiger partial charge in [-0.2, -0.15) is 0 Å². The lowest BCUT2D eigenvalue weighted by atomic mass is 10.2. The number of nitrogens with zero attached hydrogens (tertiary/aromatic N) is 1. The van der Waals surface area contributed by atoms with E-state index < -0.39 is 15.8 Å². The Kier molecular flexibility index (Phi) is 4.23. The van der Waals surface area contributed by atoms with Gasteiger partial charge in [-0.15, -0.1) is 0 Å². The van der Waals surface area contributed by atoms with E-state index in [4.69, 9.17) is 9.84 Å². The van der Waals surface area contributed by atoms with Crippen LogP contribution in [0, 0.1) is 0 Å². The van der Waals surface area contributed by atoms with E-state index in [1.165, 1.54) is 42.7 Å². The van der Waals surface area contributed by atoms with Crippen LogP contribution in [0.25, 0.3) is 0 Å². The normalized spacial score (nSPS) is 11.1. The first-order valence-electron chi connectivity index (χ1n) is 6.12. The Hall–Kier alpha value is -2.41. The van der Waals surface area contributed by atoms with Crippen LogP contribution in [0.1, 0.15) is 17.3 Å². The third kappa shape index (κ3) is 3.38. The molecule has 7 heteroatoms. The van der Waals surface area contributed by atoms with Gasteiger partial charge in [0.15, 0.2) is 15.6 Å². The number of carboxylic acids is 1. The zero-order chi connectivity index (χ0) is 15.5. The van der Waals surface area contributed by atoms with Gasteiger partial charge in [-0.1, -0.05) is 6.92 Å². The van der Waals surface area contributed by atoms with E-state index in [9.17, 15) is 13.2 Å². The highest BCUT2D eigenvalue weighted by Gasteiger charge is 2.13. The number of ether oxygens (including phenoxy) is 1. The van der Waals surface area contributed by atoms with Crippen molar-refractivity contribution in [2.75, 3.05) is 5.75 Å². The fourth-order valence-electron chi connectivity index (χ4n) is 1.65. The van der Waals surface area contributed by atoms with Gasteiger partial charge in [0.1, 0.15) is 11.3 Å². The Morgan fingerprint density at radius 3 is 2.48 bits per heavy atom. The molecule has 0 aliphatic heterocycles. The maximum Gasteiger partial charge on any atom is 0.339 e. The molecular weight excluding hydrogens is 294 g/mol. The van der Waals surface area contributed by atoms with E-state index in [0.29, 0.717) is 5.75 Å². The largest absolute Gasteiger partial charge is 0.478 e. The first-order valence-corrected chi connectivity index (χ1v) is 7.77. The molecule has 21 heavy (non-hydrogen) atoms. The van der Waals surface area contributed by atoms with Crippen molar-refractivity contribution < 1.29 is 23.1 Å². The summed E-state index contributed by atoms with van der Waals surface area (Å²) in [5.74, 6) is -0.687. The third-order valence-corrected chi connectivity index (χ3v) is 4.56. The Morgan fingerprint density at radius 1 is 1.24 bits per heavy atom. The SMILES string of the molecule is CCS(=O)(=O)c1ccc(Oc2cnccc2C(=O)O)cc1. The van der Waals surface area contributed by atoms with E-state index in [1.54, 1.807) is 6.92 Å². The first kappa shape index (κ1) is 15.0. The lowest BCUT2D eigenvalue weighted by Crippen LogP contribution is -2.03. The van der Waals surface area contributed by atoms with Crippen LogP contribution in [0.3, 0.4) is 0 Å². The molecule has 1 N–H and O–H groups in total. The van der Waals surface area contributed by atoms with Crippen LogP contribution in [0.4, 0.5) is 0 Å². The van der Waals surface area contributed by atoms with Gasteiger partial charge < -0.3 is 9.84 Å². The van der Waals surface area contributed by atoms with Crippen LogP contribution in [-0.2, 0) is 9.84 Å². The van der Waals surface area contributed by atoms with Crippen molar-refractivity contribution in [2.24, 2.45) is 0 Å². The fourth-order valence-corrected chi connectivity index (χ4v) is 2.53. The molecule has 0 aliphatic carbocycles. The zero-order valence-electron chi connectivity index (χ0n) is 11.2. The molecule has 1 aromatic heterocycles. The lowest BCUT2D eigenvalue weighted by molar-refractivity contribution is 0.0694. The molecule has 0 radical (unpaired) electrons. The minimum absolute atomic E-state index is 0.0129. The average molecular weight is 307 g/mol. The number of sulfone groups is 1. The van der Waals surface area contributed by atoms with Crippen molar-refractivity contribution in [3.05, 3.63) is 48.3 Å². The highest BCUT2D eigenvalue weighted by atomic mass is 32.2.